The third kappa shape index (κ3) is 4.28. The molecular formula is C18H22BrN3O3. The number of anilines is 1. The maximum Gasteiger partial charge on any atom is 0.342 e. The number of nitrogens with zero attached hydrogens (tertiary/aromatic N) is 2. The van der Waals surface area contributed by atoms with Crippen molar-refractivity contribution < 1.29 is 14.3 Å². The normalized spacial score (nSPS) is 11.9. The zero-order chi connectivity index (χ0) is 18.7. The minimum atomic E-state index is -0.498. The number of hydrogen-bond acceptors (Lipinski definition) is 6. The van der Waals surface area contributed by atoms with Gasteiger partial charge in [-0.25, -0.2) is 14.8 Å². The van der Waals surface area contributed by atoms with Gasteiger partial charge in [0.15, 0.2) is 0 Å². The summed E-state index contributed by atoms with van der Waals surface area (Å²) in [6, 6.07) is 3.95. The van der Waals surface area contributed by atoms with Crippen LogP contribution in [0.15, 0.2) is 16.6 Å². The number of aryl methyl sites for hydroxylation is 3. The fraction of sp³-hybridized carbons (Fsp3) is 0.389. The Bertz CT molecular complexity index is 785. The molecule has 0 aliphatic heterocycles. The fourth-order valence-electron chi connectivity index (χ4n) is 2.68. The van der Waals surface area contributed by atoms with E-state index in [1.807, 2.05) is 32.9 Å². The predicted molar refractivity (Wildman–Crippen MR) is 99.8 cm³/mol. The highest BCUT2D eigenvalue weighted by Gasteiger charge is 2.25. The van der Waals surface area contributed by atoms with E-state index in [4.69, 9.17) is 15.2 Å². The van der Waals surface area contributed by atoms with Crippen molar-refractivity contribution in [2.24, 2.45) is 0 Å². The third-order valence-electron chi connectivity index (χ3n) is 3.72. The van der Waals surface area contributed by atoms with E-state index in [0.717, 1.165) is 21.3 Å². The molecule has 2 rings (SSSR count). The van der Waals surface area contributed by atoms with Gasteiger partial charge in [0.1, 0.15) is 23.1 Å². The Labute approximate surface area is 155 Å². The number of halogens is 1. The van der Waals surface area contributed by atoms with Crippen LogP contribution >= 0.6 is 15.9 Å². The molecule has 0 fully saturated rings. The van der Waals surface area contributed by atoms with Crippen molar-refractivity contribution in [3.63, 3.8) is 0 Å². The van der Waals surface area contributed by atoms with Crippen molar-refractivity contribution >= 4 is 27.8 Å². The molecule has 1 heterocycles. The number of nitrogens with two attached hydrogens (primary N) is 1. The zero-order valence-corrected chi connectivity index (χ0v) is 16.6. The number of benzene rings is 1. The van der Waals surface area contributed by atoms with Crippen LogP contribution in [0.3, 0.4) is 0 Å². The molecule has 0 bridgehead atoms. The van der Waals surface area contributed by atoms with Gasteiger partial charge in [0, 0.05) is 4.47 Å². The first-order valence-electron chi connectivity index (χ1n) is 7.99. The average molecular weight is 408 g/mol. The Morgan fingerprint density at radius 3 is 2.40 bits per heavy atom. The van der Waals surface area contributed by atoms with E-state index < -0.39 is 12.1 Å². The van der Waals surface area contributed by atoms with Gasteiger partial charge < -0.3 is 15.2 Å². The molecule has 1 atom stereocenters. The summed E-state index contributed by atoms with van der Waals surface area (Å²) in [6.45, 7) is 9.47. The number of nitrogen functional groups attached to an aromatic ring is 1. The topological polar surface area (TPSA) is 87.3 Å². The first-order chi connectivity index (χ1) is 11.7. The van der Waals surface area contributed by atoms with Gasteiger partial charge in [-0.05, 0) is 57.9 Å². The van der Waals surface area contributed by atoms with Crippen LogP contribution in [0.2, 0.25) is 0 Å². The highest BCUT2D eigenvalue weighted by atomic mass is 79.9. The van der Waals surface area contributed by atoms with Gasteiger partial charge in [0.2, 0.25) is 5.95 Å². The molecule has 1 unspecified atom stereocenters. The van der Waals surface area contributed by atoms with Gasteiger partial charge in [0.25, 0.3) is 0 Å². The highest BCUT2D eigenvalue weighted by molar-refractivity contribution is 9.10. The summed E-state index contributed by atoms with van der Waals surface area (Å²) < 4.78 is 12.2. The maximum atomic E-state index is 12.3. The zero-order valence-electron chi connectivity index (χ0n) is 15.0. The summed E-state index contributed by atoms with van der Waals surface area (Å²) in [6.07, 6.45) is -0.498. The smallest absolute Gasteiger partial charge is 0.342 e. The van der Waals surface area contributed by atoms with E-state index in [1.165, 1.54) is 0 Å². The Morgan fingerprint density at radius 1 is 1.24 bits per heavy atom. The first-order valence-corrected chi connectivity index (χ1v) is 8.78. The van der Waals surface area contributed by atoms with E-state index >= 15 is 0 Å². The molecular weight excluding hydrogens is 386 g/mol. The molecule has 25 heavy (non-hydrogen) atoms. The lowest BCUT2D eigenvalue weighted by Crippen LogP contribution is -2.19. The molecule has 0 saturated carbocycles. The fourth-order valence-corrected chi connectivity index (χ4v) is 3.37. The summed E-state index contributed by atoms with van der Waals surface area (Å²) in [5, 5.41) is 0. The summed E-state index contributed by atoms with van der Waals surface area (Å²) in [5.41, 5.74) is 8.94. The minimum absolute atomic E-state index is 0.0975. The predicted octanol–water partition coefficient (Wildman–Crippen LogP) is 4.06. The van der Waals surface area contributed by atoms with E-state index in [9.17, 15) is 4.79 Å². The number of carbonyl (C=O) groups excluding carboxylic acids is 1. The number of carbonyl (C=O) groups is 1. The van der Waals surface area contributed by atoms with Crippen LogP contribution in [-0.4, -0.2) is 22.5 Å². The molecule has 0 aliphatic carbocycles. The van der Waals surface area contributed by atoms with Crippen molar-refractivity contribution in [1.82, 2.24) is 9.97 Å². The van der Waals surface area contributed by atoms with E-state index in [2.05, 4.69) is 25.9 Å². The van der Waals surface area contributed by atoms with E-state index in [1.54, 1.807) is 13.8 Å². The first kappa shape index (κ1) is 19.2. The van der Waals surface area contributed by atoms with Crippen molar-refractivity contribution in [1.29, 1.82) is 0 Å². The monoisotopic (exact) mass is 407 g/mol. The van der Waals surface area contributed by atoms with Crippen LogP contribution in [0, 0.1) is 20.8 Å². The SMILES string of the molecule is CCOC(=O)c1c(C)nc(N)nc1C(C)Oc1c(C)cc(Br)cc1C. The van der Waals surface area contributed by atoms with Gasteiger partial charge in [-0.1, -0.05) is 15.9 Å². The van der Waals surface area contributed by atoms with E-state index in [0.29, 0.717) is 17.0 Å². The van der Waals surface area contributed by atoms with Crippen LogP contribution in [0.1, 0.15) is 52.8 Å². The van der Waals surface area contributed by atoms with Crippen LogP contribution in [0.5, 0.6) is 5.75 Å². The number of esters is 1. The molecule has 2 N–H and O–H groups in total. The second kappa shape index (κ2) is 7.82. The van der Waals surface area contributed by atoms with Crippen molar-refractivity contribution in [3.05, 3.63) is 44.7 Å². The number of rotatable bonds is 5. The van der Waals surface area contributed by atoms with Crippen LogP contribution in [-0.2, 0) is 4.74 Å². The average Bonchev–Trinajstić information content (AvgIpc) is 2.49. The summed E-state index contributed by atoms with van der Waals surface area (Å²) in [7, 11) is 0. The van der Waals surface area contributed by atoms with Gasteiger partial charge in [-0.2, -0.15) is 0 Å². The molecule has 0 aliphatic rings. The Morgan fingerprint density at radius 2 is 1.84 bits per heavy atom. The van der Waals surface area contributed by atoms with E-state index in [-0.39, 0.29) is 12.6 Å². The van der Waals surface area contributed by atoms with Gasteiger partial charge in [-0.15, -0.1) is 0 Å². The number of aromatic nitrogens is 2. The lowest BCUT2D eigenvalue weighted by atomic mass is 10.1. The Hall–Kier alpha value is -2.15. The van der Waals surface area contributed by atoms with Crippen molar-refractivity contribution in [2.45, 2.75) is 40.7 Å². The Balaban J connectivity index is 2.46. The third-order valence-corrected chi connectivity index (χ3v) is 4.18. The molecule has 1 aromatic heterocycles. The van der Waals surface area contributed by atoms with Gasteiger partial charge in [0.05, 0.1) is 12.3 Å². The number of ether oxygens (including phenoxy) is 2. The van der Waals surface area contributed by atoms with Gasteiger partial charge in [-0.3, -0.25) is 0 Å². The summed E-state index contributed by atoms with van der Waals surface area (Å²) in [4.78, 5) is 20.6. The molecule has 2 aromatic rings. The largest absolute Gasteiger partial charge is 0.484 e. The standard InChI is InChI=1S/C18H22BrN3O3/c1-6-24-17(23)14-11(4)21-18(20)22-15(14)12(5)25-16-9(2)7-13(19)8-10(16)3/h7-8,12H,6H2,1-5H3,(H2,20,21,22). The van der Waals surface area contributed by atoms with Crippen LogP contribution in [0.25, 0.3) is 0 Å². The van der Waals surface area contributed by atoms with Crippen LogP contribution < -0.4 is 10.5 Å². The molecule has 1 aromatic carbocycles. The molecule has 0 radical (unpaired) electrons. The lowest BCUT2D eigenvalue weighted by molar-refractivity contribution is 0.0518. The molecule has 0 amide bonds. The molecule has 0 spiro atoms. The molecule has 134 valence electrons. The number of hydrogen-bond donors (Lipinski definition) is 1. The second-order valence-electron chi connectivity index (χ2n) is 5.78. The quantitative estimate of drug-likeness (QED) is 0.751. The Kier molecular flexibility index (Phi) is 6.00. The lowest BCUT2D eigenvalue weighted by Gasteiger charge is -2.21. The second-order valence-corrected chi connectivity index (χ2v) is 6.69. The van der Waals surface area contributed by atoms with Gasteiger partial charge >= 0.3 is 5.97 Å². The molecule has 6 nitrogen and oxygen atoms in total. The molecule has 7 heteroatoms. The van der Waals surface area contributed by atoms with Crippen molar-refractivity contribution in [3.8, 4) is 5.75 Å². The minimum Gasteiger partial charge on any atom is -0.484 e. The summed E-state index contributed by atoms with van der Waals surface area (Å²) >= 11 is 3.47. The molecule has 0 saturated heterocycles. The summed E-state index contributed by atoms with van der Waals surface area (Å²) in [5.74, 6) is 0.371. The van der Waals surface area contributed by atoms with Crippen molar-refractivity contribution in [2.75, 3.05) is 12.3 Å². The maximum absolute atomic E-state index is 12.3. The highest BCUT2D eigenvalue weighted by Crippen LogP contribution is 2.32. The van der Waals surface area contributed by atoms with Crippen LogP contribution in [0.4, 0.5) is 5.95 Å².